The number of rotatable bonds is 2. The highest BCUT2D eigenvalue weighted by atomic mass is 16.2. The van der Waals surface area contributed by atoms with E-state index in [4.69, 9.17) is 0 Å². The highest BCUT2D eigenvalue weighted by molar-refractivity contribution is 5.94. The van der Waals surface area contributed by atoms with E-state index in [-0.39, 0.29) is 6.54 Å². The smallest absolute Gasteiger partial charge is 0.307 e. The van der Waals surface area contributed by atoms with Crippen LogP contribution in [-0.2, 0) is 0 Å². The quantitative estimate of drug-likeness (QED) is 0.752. The molecule has 0 aromatic heterocycles. The van der Waals surface area contributed by atoms with E-state index in [2.05, 4.69) is 21.3 Å². The van der Waals surface area contributed by atoms with Crippen LogP contribution in [0.3, 0.4) is 0 Å². The number of benzene rings is 1. The summed E-state index contributed by atoms with van der Waals surface area (Å²) in [5.74, 6) is 0. The molecule has 0 unspecified atom stereocenters. The number of hydrogen-bond donors (Lipinski definition) is 3. The maximum atomic E-state index is 11.7. The Balaban J connectivity index is 1.92. The number of carbonyl (C=O) groups is 2. The average Bonchev–Trinajstić information content (AvgIpc) is 2.37. The van der Waals surface area contributed by atoms with Crippen LogP contribution in [-0.4, -0.2) is 29.3 Å². The average molecular weight is 261 g/mol. The Morgan fingerprint density at radius 3 is 2.68 bits per heavy atom. The van der Waals surface area contributed by atoms with Gasteiger partial charge in [-0.25, -0.2) is 25.4 Å². The van der Waals surface area contributed by atoms with Gasteiger partial charge in [0.05, 0.1) is 12.3 Å². The van der Waals surface area contributed by atoms with Gasteiger partial charge in [0.2, 0.25) is 0 Å². The summed E-state index contributed by atoms with van der Waals surface area (Å²) in [6.45, 7) is 3.98. The summed E-state index contributed by atoms with van der Waals surface area (Å²) in [5.41, 5.74) is 7.21. The van der Waals surface area contributed by atoms with E-state index in [0.717, 1.165) is 10.6 Å². The highest BCUT2D eigenvalue weighted by Crippen LogP contribution is 2.08. The van der Waals surface area contributed by atoms with Gasteiger partial charge in [0.25, 0.3) is 0 Å². The molecule has 0 aliphatic carbocycles. The van der Waals surface area contributed by atoms with Crippen LogP contribution in [0.4, 0.5) is 15.3 Å². The standard InChI is InChI=1S/C12H15N5O2/c1-8-3-5-10(6-4-8)13-11(18)16-17-7-9(2)14-15-12(17)19/h3-6H,7H2,1-2H3,(H,15,19)(H2,13,16,18). The minimum atomic E-state index is -0.478. The molecule has 1 aliphatic rings. The van der Waals surface area contributed by atoms with E-state index in [1.807, 2.05) is 19.1 Å². The number of amides is 4. The molecular weight excluding hydrogens is 246 g/mol. The second-order valence-electron chi connectivity index (χ2n) is 4.28. The first-order valence-corrected chi connectivity index (χ1v) is 5.79. The zero-order chi connectivity index (χ0) is 13.8. The minimum absolute atomic E-state index is 0.257. The van der Waals surface area contributed by atoms with Crippen molar-refractivity contribution < 1.29 is 9.59 Å². The van der Waals surface area contributed by atoms with Crippen LogP contribution in [0.15, 0.2) is 29.4 Å². The van der Waals surface area contributed by atoms with E-state index in [9.17, 15) is 9.59 Å². The fourth-order valence-corrected chi connectivity index (χ4v) is 1.55. The first kappa shape index (κ1) is 12.9. The molecule has 0 spiro atoms. The monoisotopic (exact) mass is 261 g/mol. The van der Waals surface area contributed by atoms with Gasteiger partial charge >= 0.3 is 12.1 Å². The van der Waals surface area contributed by atoms with Crippen LogP contribution < -0.4 is 16.2 Å². The number of nitrogens with one attached hydrogen (secondary N) is 3. The number of hydrogen-bond acceptors (Lipinski definition) is 3. The molecule has 0 fully saturated rings. The normalized spacial score (nSPS) is 14.5. The van der Waals surface area contributed by atoms with E-state index in [1.54, 1.807) is 19.1 Å². The number of aryl methyl sites for hydroxylation is 1. The molecule has 0 bridgehead atoms. The van der Waals surface area contributed by atoms with Gasteiger partial charge in [-0.3, -0.25) is 0 Å². The minimum Gasteiger partial charge on any atom is -0.307 e. The number of urea groups is 2. The number of carbonyl (C=O) groups excluding carboxylic acids is 2. The maximum Gasteiger partial charge on any atom is 0.356 e. The van der Waals surface area contributed by atoms with E-state index in [0.29, 0.717) is 11.4 Å². The SMILES string of the molecule is CC1=NNC(=O)N(NC(=O)Nc2ccc(C)cc2)C1. The van der Waals surface area contributed by atoms with Crippen molar-refractivity contribution in [3.63, 3.8) is 0 Å². The van der Waals surface area contributed by atoms with Gasteiger partial charge < -0.3 is 5.32 Å². The molecule has 0 atom stereocenters. The van der Waals surface area contributed by atoms with Crippen molar-refractivity contribution in [2.45, 2.75) is 13.8 Å². The lowest BCUT2D eigenvalue weighted by atomic mass is 10.2. The van der Waals surface area contributed by atoms with Gasteiger partial charge in [-0.1, -0.05) is 17.7 Å². The predicted octanol–water partition coefficient (Wildman–Crippen LogP) is 1.43. The number of hydrazine groups is 1. The summed E-state index contributed by atoms with van der Waals surface area (Å²) in [6, 6.07) is 6.41. The third kappa shape index (κ3) is 3.44. The van der Waals surface area contributed by atoms with Crippen molar-refractivity contribution in [2.24, 2.45) is 5.10 Å². The zero-order valence-electron chi connectivity index (χ0n) is 10.7. The molecule has 3 N–H and O–H groups in total. The van der Waals surface area contributed by atoms with E-state index in [1.165, 1.54) is 0 Å². The topological polar surface area (TPSA) is 85.8 Å². The first-order valence-electron chi connectivity index (χ1n) is 5.79. The molecule has 0 saturated heterocycles. The molecule has 4 amide bonds. The third-order valence-electron chi connectivity index (χ3n) is 2.52. The molecule has 19 heavy (non-hydrogen) atoms. The zero-order valence-corrected chi connectivity index (χ0v) is 10.7. The summed E-state index contributed by atoms with van der Waals surface area (Å²) < 4.78 is 0. The fourth-order valence-electron chi connectivity index (χ4n) is 1.55. The summed E-state index contributed by atoms with van der Waals surface area (Å²) >= 11 is 0. The van der Waals surface area contributed by atoms with Crippen molar-refractivity contribution in [1.29, 1.82) is 0 Å². The Morgan fingerprint density at radius 1 is 1.32 bits per heavy atom. The van der Waals surface area contributed by atoms with Gasteiger partial charge in [0.1, 0.15) is 0 Å². The Kier molecular flexibility index (Phi) is 3.65. The molecule has 1 aromatic carbocycles. The molecule has 1 heterocycles. The Hall–Kier alpha value is -2.57. The van der Waals surface area contributed by atoms with Crippen LogP contribution in [0.1, 0.15) is 12.5 Å². The van der Waals surface area contributed by atoms with E-state index < -0.39 is 12.1 Å². The molecule has 0 saturated carbocycles. The van der Waals surface area contributed by atoms with Gasteiger partial charge in [-0.2, -0.15) is 5.10 Å². The lowest BCUT2D eigenvalue weighted by molar-refractivity contribution is 0.177. The van der Waals surface area contributed by atoms with Gasteiger partial charge in [-0.15, -0.1) is 0 Å². The number of nitrogens with zero attached hydrogens (tertiary/aromatic N) is 2. The molecule has 7 heteroatoms. The Morgan fingerprint density at radius 2 is 2.00 bits per heavy atom. The second-order valence-corrected chi connectivity index (χ2v) is 4.28. The first-order chi connectivity index (χ1) is 9.04. The summed E-state index contributed by atoms with van der Waals surface area (Å²) in [5, 5.41) is 7.56. The molecule has 1 aliphatic heterocycles. The molecule has 7 nitrogen and oxygen atoms in total. The Bertz CT molecular complexity index is 523. The van der Waals surface area contributed by atoms with Crippen LogP contribution in [0.5, 0.6) is 0 Å². The van der Waals surface area contributed by atoms with Crippen molar-refractivity contribution in [1.82, 2.24) is 15.9 Å². The summed E-state index contributed by atoms with van der Waals surface area (Å²) in [6.07, 6.45) is 0. The second kappa shape index (κ2) is 5.38. The summed E-state index contributed by atoms with van der Waals surface area (Å²) in [4.78, 5) is 23.2. The van der Waals surface area contributed by atoms with Crippen molar-refractivity contribution in [2.75, 3.05) is 11.9 Å². The van der Waals surface area contributed by atoms with Crippen LogP contribution in [0.2, 0.25) is 0 Å². The van der Waals surface area contributed by atoms with Gasteiger partial charge in [0, 0.05) is 5.69 Å². The lowest BCUT2D eigenvalue weighted by Gasteiger charge is -2.25. The Labute approximate surface area is 110 Å². The molecule has 1 aromatic rings. The number of hydrazone groups is 1. The van der Waals surface area contributed by atoms with Crippen LogP contribution in [0, 0.1) is 6.92 Å². The number of anilines is 1. The van der Waals surface area contributed by atoms with Crippen LogP contribution >= 0.6 is 0 Å². The highest BCUT2D eigenvalue weighted by Gasteiger charge is 2.20. The lowest BCUT2D eigenvalue weighted by Crippen LogP contribution is -2.55. The maximum absolute atomic E-state index is 11.7. The molecular formula is C12H15N5O2. The molecule has 2 rings (SSSR count). The van der Waals surface area contributed by atoms with Crippen molar-refractivity contribution >= 4 is 23.5 Å². The predicted molar refractivity (Wildman–Crippen MR) is 71.7 cm³/mol. The third-order valence-corrected chi connectivity index (χ3v) is 2.52. The van der Waals surface area contributed by atoms with Crippen molar-refractivity contribution in [3.8, 4) is 0 Å². The van der Waals surface area contributed by atoms with Gasteiger partial charge in [0.15, 0.2) is 0 Å². The molecule has 100 valence electrons. The van der Waals surface area contributed by atoms with E-state index >= 15 is 0 Å². The molecule has 0 radical (unpaired) electrons. The van der Waals surface area contributed by atoms with Crippen molar-refractivity contribution in [3.05, 3.63) is 29.8 Å². The fraction of sp³-hybridized carbons (Fsp3) is 0.250. The largest absolute Gasteiger partial charge is 0.356 e. The van der Waals surface area contributed by atoms with Crippen LogP contribution in [0.25, 0.3) is 0 Å². The summed E-state index contributed by atoms with van der Waals surface area (Å²) in [7, 11) is 0. The van der Waals surface area contributed by atoms with Gasteiger partial charge in [-0.05, 0) is 26.0 Å².